The van der Waals surface area contributed by atoms with Crippen LogP contribution in [0.1, 0.15) is 37.4 Å². The molecule has 0 saturated heterocycles. The SMILES string of the molecule is CCS(=O)(=O)Nc1ccc(C2=NN(S(=O)(=O)CC)[C@H](c3ccc(F)cc3)C2)cc1. The Balaban J connectivity index is 1.91. The molecular formula is C19H22FN3O4S2. The van der Waals surface area contributed by atoms with Crippen molar-refractivity contribution < 1.29 is 21.2 Å². The van der Waals surface area contributed by atoms with Gasteiger partial charge in [0.2, 0.25) is 20.0 Å². The second-order valence-electron chi connectivity index (χ2n) is 6.57. The maximum absolute atomic E-state index is 13.3. The van der Waals surface area contributed by atoms with Gasteiger partial charge in [-0.2, -0.15) is 9.52 Å². The van der Waals surface area contributed by atoms with E-state index in [4.69, 9.17) is 0 Å². The quantitative estimate of drug-likeness (QED) is 0.717. The molecule has 1 atom stereocenters. The van der Waals surface area contributed by atoms with E-state index >= 15 is 0 Å². The Morgan fingerprint density at radius 2 is 1.62 bits per heavy atom. The highest BCUT2D eigenvalue weighted by atomic mass is 32.2. The van der Waals surface area contributed by atoms with Crippen molar-refractivity contribution in [1.82, 2.24) is 4.41 Å². The summed E-state index contributed by atoms with van der Waals surface area (Å²) in [6, 6.07) is 11.7. The molecular weight excluding hydrogens is 417 g/mol. The molecule has 2 aromatic rings. The first-order valence-corrected chi connectivity index (χ1v) is 12.4. The van der Waals surface area contributed by atoms with Gasteiger partial charge < -0.3 is 0 Å². The summed E-state index contributed by atoms with van der Waals surface area (Å²) in [6.45, 7) is 3.08. The third-order valence-corrected chi connectivity index (χ3v) is 7.59. The van der Waals surface area contributed by atoms with E-state index in [2.05, 4.69) is 9.82 Å². The van der Waals surface area contributed by atoms with E-state index in [0.29, 0.717) is 28.9 Å². The summed E-state index contributed by atoms with van der Waals surface area (Å²) in [7, 11) is -7.00. The first-order chi connectivity index (χ1) is 13.6. The van der Waals surface area contributed by atoms with Crippen LogP contribution >= 0.6 is 0 Å². The summed E-state index contributed by atoms with van der Waals surface area (Å²) in [4.78, 5) is 0. The lowest BCUT2D eigenvalue weighted by atomic mass is 9.99. The van der Waals surface area contributed by atoms with Crippen molar-refractivity contribution in [2.24, 2.45) is 5.10 Å². The molecule has 1 N–H and O–H groups in total. The second kappa shape index (κ2) is 8.11. The van der Waals surface area contributed by atoms with Crippen molar-refractivity contribution in [1.29, 1.82) is 0 Å². The van der Waals surface area contributed by atoms with Crippen LogP contribution < -0.4 is 4.72 Å². The van der Waals surface area contributed by atoms with Crippen LogP contribution in [0, 0.1) is 5.82 Å². The lowest BCUT2D eigenvalue weighted by molar-refractivity contribution is 0.372. The van der Waals surface area contributed by atoms with Gasteiger partial charge in [0, 0.05) is 12.1 Å². The van der Waals surface area contributed by atoms with E-state index in [1.54, 1.807) is 50.2 Å². The average Bonchev–Trinajstić information content (AvgIpc) is 3.15. The molecule has 0 saturated carbocycles. The first-order valence-electron chi connectivity index (χ1n) is 9.11. The van der Waals surface area contributed by atoms with Gasteiger partial charge in [0.15, 0.2) is 0 Å². The Hall–Kier alpha value is -2.46. The van der Waals surface area contributed by atoms with Gasteiger partial charge in [0.25, 0.3) is 0 Å². The molecule has 0 unspecified atom stereocenters. The number of hydrazone groups is 1. The zero-order valence-electron chi connectivity index (χ0n) is 16.0. The molecule has 156 valence electrons. The van der Waals surface area contributed by atoms with Crippen LogP contribution in [0.15, 0.2) is 53.6 Å². The van der Waals surface area contributed by atoms with Gasteiger partial charge in [0.1, 0.15) is 5.82 Å². The van der Waals surface area contributed by atoms with Gasteiger partial charge in [-0.3, -0.25) is 4.72 Å². The fourth-order valence-corrected chi connectivity index (χ4v) is 4.68. The molecule has 29 heavy (non-hydrogen) atoms. The normalized spacial score (nSPS) is 17.3. The maximum atomic E-state index is 13.3. The molecule has 1 heterocycles. The number of rotatable bonds is 7. The van der Waals surface area contributed by atoms with Crippen LogP contribution in [0.4, 0.5) is 10.1 Å². The Kier molecular flexibility index (Phi) is 5.95. The zero-order chi connectivity index (χ0) is 21.2. The summed E-state index contributed by atoms with van der Waals surface area (Å²) < 4.78 is 65.3. The number of sulfonamides is 2. The summed E-state index contributed by atoms with van der Waals surface area (Å²) in [5.74, 6) is -0.549. The van der Waals surface area contributed by atoms with Crippen LogP contribution in [0.25, 0.3) is 0 Å². The van der Waals surface area contributed by atoms with Crippen molar-refractivity contribution >= 4 is 31.4 Å². The number of halogens is 1. The molecule has 3 rings (SSSR count). The predicted molar refractivity (Wildman–Crippen MR) is 111 cm³/mol. The largest absolute Gasteiger partial charge is 0.284 e. The molecule has 0 amide bonds. The molecule has 1 aliphatic rings. The molecule has 0 spiro atoms. The third-order valence-electron chi connectivity index (χ3n) is 4.65. The molecule has 0 aromatic heterocycles. The van der Waals surface area contributed by atoms with Gasteiger partial charge in [-0.15, -0.1) is 0 Å². The first kappa shape index (κ1) is 21.3. The second-order valence-corrected chi connectivity index (χ2v) is 10.7. The van der Waals surface area contributed by atoms with Gasteiger partial charge >= 0.3 is 0 Å². The molecule has 0 bridgehead atoms. The zero-order valence-corrected chi connectivity index (χ0v) is 17.7. The molecule has 0 radical (unpaired) electrons. The van der Waals surface area contributed by atoms with E-state index in [-0.39, 0.29) is 11.5 Å². The molecule has 10 heteroatoms. The van der Waals surface area contributed by atoms with Crippen molar-refractivity contribution in [2.45, 2.75) is 26.3 Å². The lowest BCUT2D eigenvalue weighted by Crippen LogP contribution is -2.28. The highest BCUT2D eigenvalue weighted by Gasteiger charge is 2.35. The summed E-state index contributed by atoms with van der Waals surface area (Å²) in [5.41, 5.74) is 2.31. The number of anilines is 1. The van der Waals surface area contributed by atoms with Gasteiger partial charge in [-0.1, -0.05) is 24.3 Å². The Morgan fingerprint density at radius 1 is 1.00 bits per heavy atom. The average molecular weight is 440 g/mol. The minimum absolute atomic E-state index is 0.0371. The lowest BCUT2D eigenvalue weighted by Gasteiger charge is -2.22. The van der Waals surface area contributed by atoms with Crippen molar-refractivity contribution in [3.05, 3.63) is 65.5 Å². The number of nitrogens with one attached hydrogen (secondary N) is 1. The minimum atomic E-state index is -3.62. The summed E-state index contributed by atoms with van der Waals surface area (Å²) in [6.07, 6.45) is 0.324. The Bertz CT molecular complexity index is 1110. The minimum Gasteiger partial charge on any atom is -0.284 e. The van der Waals surface area contributed by atoms with Gasteiger partial charge in [-0.25, -0.2) is 21.2 Å². The van der Waals surface area contributed by atoms with E-state index in [0.717, 1.165) is 4.41 Å². The van der Waals surface area contributed by atoms with Crippen molar-refractivity contribution in [3.63, 3.8) is 0 Å². The molecule has 0 aliphatic carbocycles. The number of hydrogen-bond donors (Lipinski definition) is 1. The summed E-state index contributed by atoms with van der Waals surface area (Å²) >= 11 is 0. The van der Waals surface area contributed by atoms with Crippen LogP contribution in [0.3, 0.4) is 0 Å². The van der Waals surface area contributed by atoms with E-state index < -0.39 is 31.9 Å². The van der Waals surface area contributed by atoms with E-state index in [9.17, 15) is 21.2 Å². The van der Waals surface area contributed by atoms with Gasteiger partial charge in [0.05, 0.1) is 23.3 Å². The Labute approximate surface area is 170 Å². The molecule has 1 aliphatic heterocycles. The standard InChI is InChI=1S/C19H22FN3O4S2/c1-3-28(24,25)22-17-11-7-14(8-12-17)18-13-19(15-5-9-16(20)10-6-15)23(21-18)29(26,27)4-2/h5-12,19,22H,3-4,13H2,1-2H3/t19-/m0/s1. The van der Waals surface area contributed by atoms with E-state index in [1.165, 1.54) is 12.1 Å². The van der Waals surface area contributed by atoms with Crippen LogP contribution in [-0.4, -0.2) is 38.5 Å². The third kappa shape index (κ3) is 4.76. The summed E-state index contributed by atoms with van der Waals surface area (Å²) in [5, 5.41) is 4.33. The van der Waals surface area contributed by atoms with Crippen LogP contribution in [0.2, 0.25) is 0 Å². The topological polar surface area (TPSA) is 95.9 Å². The van der Waals surface area contributed by atoms with Crippen LogP contribution in [0.5, 0.6) is 0 Å². The number of nitrogens with zero attached hydrogens (tertiary/aromatic N) is 2. The van der Waals surface area contributed by atoms with E-state index in [1.807, 2.05) is 0 Å². The highest BCUT2D eigenvalue weighted by molar-refractivity contribution is 7.92. The fraction of sp³-hybridized carbons (Fsp3) is 0.316. The van der Waals surface area contributed by atoms with Crippen LogP contribution in [-0.2, 0) is 20.0 Å². The molecule has 2 aromatic carbocycles. The van der Waals surface area contributed by atoms with Gasteiger partial charge in [-0.05, 0) is 49.2 Å². The predicted octanol–water partition coefficient (Wildman–Crippen LogP) is 3.09. The maximum Gasteiger partial charge on any atom is 0.250 e. The highest BCUT2D eigenvalue weighted by Crippen LogP contribution is 2.35. The van der Waals surface area contributed by atoms with Crippen molar-refractivity contribution in [3.8, 4) is 0 Å². The monoisotopic (exact) mass is 439 g/mol. The smallest absolute Gasteiger partial charge is 0.250 e. The fourth-order valence-electron chi connectivity index (χ4n) is 2.97. The number of hydrogen-bond acceptors (Lipinski definition) is 5. The number of benzene rings is 2. The molecule has 0 fully saturated rings. The van der Waals surface area contributed by atoms with Crippen molar-refractivity contribution in [2.75, 3.05) is 16.2 Å². The molecule has 7 nitrogen and oxygen atoms in total. The Morgan fingerprint density at radius 3 is 2.17 bits per heavy atom.